The molecule has 1 atom stereocenters. The maximum atomic E-state index is 6.21. The third-order valence-corrected chi connectivity index (χ3v) is 3.92. The van der Waals surface area contributed by atoms with Crippen molar-refractivity contribution in [1.29, 1.82) is 0 Å². The molecule has 0 saturated carbocycles. The monoisotopic (exact) mass is 291 g/mol. The van der Waals surface area contributed by atoms with Gasteiger partial charge in [-0.25, -0.2) is 0 Å². The molecule has 21 heavy (non-hydrogen) atoms. The molecule has 0 fully saturated rings. The molecule has 1 N–H and O–H groups in total. The first-order valence-electron chi connectivity index (χ1n) is 7.81. The Kier molecular flexibility index (Phi) is 3.74. The Balaban J connectivity index is 1.96. The summed E-state index contributed by atoms with van der Waals surface area (Å²) in [7, 11) is 0. The molecule has 116 valence electrons. The number of fused-ring (bicyclic) bond motifs is 3. The first kappa shape index (κ1) is 14.5. The van der Waals surface area contributed by atoms with Crippen LogP contribution < -0.4 is 19.5 Å². The SMILES string of the molecule is CC(C)CNC1CC(C)(C)Oc2c1ccc1c2OCCO1. The van der Waals surface area contributed by atoms with E-state index in [0.717, 1.165) is 30.2 Å². The predicted octanol–water partition coefficient (Wildman–Crippen LogP) is 3.31. The Morgan fingerprint density at radius 2 is 1.95 bits per heavy atom. The van der Waals surface area contributed by atoms with Gasteiger partial charge in [-0.2, -0.15) is 0 Å². The van der Waals surface area contributed by atoms with Crippen LogP contribution in [0.1, 0.15) is 45.7 Å². The van der Waals surface area contributed by atoms with Gasteiger partial charge in [0.25, 0.3) is 0 Å². The van der Waals surface area contributed by atoms with Gasteiger partial charge in [0, 0.05) is 18.0 Å². The lowest BCUT2D eigenvalue weighted by Crippen LogP contribution is -2.40. The number of hydrogen-bond acceptors (Lipinski definition) is 4. The van der Waals surface area contributed by atoms with Crippen molar-refractivity contribution >= 4 is 0 Å². The summed E-state index contributed by atoms with van der Waals surface area (Å²) in [6.07, 6.45) is 0.951. The summed E-state index contributed by atoms with van der Waals surface area (Å²) in [6, 6.07) is 4.40. The summed E-state index contributed by atoms with van der Waals surface area (Å²) < 4.78 is 17.7. The lowest BCUT2D eigenvalue weighted by atomic mass is 9.89. The van der Waals surface area contributed by atoms with Gasteiger partial charge in [-0.3, -0.25) is 0 Å². The van der Waals surface area contributed by atoms with Gasteiger partial charge in [-0.15, -0.1) is 0 Å². The van der Waals surface area contributed by atoms with Gasteiger partial charge in [0.05, 0.1) is 0 Å². The molecule has 1 aromatic rings. The lowest BCUT2D eigenvalue weighted by molar-refractivity contribution is 0.0559. The van der Waals surface area contributed by atoms with Crippen molar-refractivity contribution in [1.82, 2.24) is 5.32 Å². The maximum absolute atomic E-state index is 6.21. The molecule has 4 heteroatoms. The molecule has 0 radical (unpaired) electrons. The Labute approximate surface area is 126 Å². The fourth-order valence-corrected chi connectivity index (χ4v) is 2.96. The van der Waals surface area contributed by atoms with E-state index in [-0.39, 0.29) is 5.60 Å². The molecule has 0 aliphatic carbocycles. The topological polar surface area (TPSA) is 39.7 Å². The van der Waals surface area contributed by atoms with Gasteiger partial charge >= 0.3 is 0 Å². The molecule has 0 spiro atoms. The minimum Gasteiger partial charge on any atom is -0.486 e. The highest BCUT2D eigenvalue weighted by Crippen LogP contribution is 2.49. The Morgan fingerprint density at radius 3 is 2.71 bits per heavy atom. The van der Waals surface area contributed by atoms with Gasteiger partial charge in [0.15, 0.2) is 11.5 Å². The van der Waals surface area contributed by atoms with Gasteiger partial charge in [0.2, 0.25) is 5.75 Å². The molecular weight excluding hydrogens is 266 g/mol. The first-order valence-corrected chi connectivity index (χ1v) is 7.81. The van der Waals surface area contributed by atoms with Crippen molar-refractivity contribution in [3.05, 3.63) is 17.7 Å². The van der Waals surface area contributed by atoms with Crippen molar-refractivity contribution in [3.63, 3.8) is 0 Å². The van der Waals surface area contributed by atoms with Crippen LogP contribution in [-0.4, -0.2) is 25.4 Å². The van der Waals surface area contributed by atoms with Crippen LogP contribution in [0.5, 0.6) is 17.2 Å². The van der Waals surface area contributed by atoms with Crippen molar-refractivity contribution in [3.8, 4) is 17.2 Å². The number of benzene rings is 1. The molecule has 2 aliphatic rings. The zero-order chi connectivity index (χ0) is 15.0. The van der Waals surface area contributed by atoms with E-state index >= 15 is 0 Å². The number of rotatable bonds is 3. The van der Waals surface area contributed by atoms with Gasteiger partial charge < -0.3 is 19.5 Å². The lowest BCUT2D eigenvalue weighted by Gasteiger charge is -2.39. The molecule has 0 saturated heterocycles. The molecular formula is C17H25NO3. The average Bonchev–Trinajstić information content (AvgIpc) is 2.43. The summed E-state index contributed by atoms with van der Waals surface area (Å²) in [5.74, 6) is 3.03. The third-order valence-electron chi connectivity index (χ3n) is 3.92. The first-order chi connectivity index (χ1) is 9.96. The Morgan fingerprint density at radius 1 is 1.19 bits per heavy atom. The molecule has 0 aromatic heterocycles. The molecule has 1 aromatic carbocycles. The van der Waals surface area contributed by atoms with Crippen molar-refractivity contribution in [2.24, 2.45) is 5.92 Å². The largest absolute Gasteiger partial charge is 0.486 e. The third kappa shape index (κ3) is 2.95. The summed E-state index contributed by atoms with van der Waals surface area (Å²) in [5, 5.41) is 3.66. The molecule has 3 rings (SSSR count). The predicted molar refractivity (Wildman–Crippen MR) is 82.3 cm³/mol. The smallest absolute Gasteiger partial charge is 0.204 e. The van der Waals surface area contributed by atoms with Crippen LogP contribution in [0.4, 0.5) is 0 Å². The van der Waals surface area contributed by atoms with E-state index in [0.29, 0.717) is 25.2 Å². The zero-order valence-electron chi connectivity index (χ0n) is 13.4. The quantitative estimate of drug-likeness (QED) is 0.927. The minimum absolute atomic E-state index is 0.211. The summed E-state index contributed by atoms with van der Waals surface area (Å²) in [5.41, 5.74) is 0.969. The highest BCUT2D eigenvalue weighted by atomic mass is 16.6. The second-order valence-electron chi connectivity index (χ2n) is 6.93. The van der Waals surface area contributed by atoms with E-state index in [1.165, 1.54) is 5.56 Å². The summed E-state index contributed by atoms with van der Waals surface area (Å²) in [6.45, 7) is 10.9. The van der Waals surface area contributed by atoms with Crippen LogP contribution in [0.3, 0.4) is 0 Å². The highest BCUT2D eigenvalue weighted by molar-refractivity contribution is 5.58. The maximum Gasteiger partial charge on any atom is 0.204 e. The summed E-state index contributed by atoms with van der Waals surface area (Å²) >= 11 is 0. The van der Waals surface area contributed by atoms with Crippen LogP contribution in [0.2, 0.25) is 0 Å². The van der Waals surface area contributed by atoms with E-state index in [1.54, 1.807) is 0 Å². The van der Waals surface area contributed by atoms with Crippen molar-refractivity contribution in [2.45, 2.75) is 45.8 Å². The van der Waals surface area contributed by atoms with Crippen LogP contribution in [0.15, 0.2) is 12.1 Å². The average molecular weight is 291 g/mol. The van der Waals surface area contributed by atoms with E-state index in [4.69, 9.17) is 14.2 Å². The standard InChI is InChI=1S/C17H25NO3/c1-11(2)10-18-13-9-17(3,4)21-15-12(13)5-6-14-16(15)20-8-7-19-14/h5-6,11,13,18H,7-10H2,1-4H3. The van der Waals surface area contributed by atoms with E-state index in [9.17, 15) is 0 Å². The second kappa shape index (κ2) is 5.41. The molecule has 0 amide bonds. The van der Waals surface area contributed by atoms with E-state index in [1.807, 2.05) is 6.07 Å². The van der Waals surface area contributed by atoms with Crippen LogP contribution >= 0.6 is 0 Å². The van der Waals surface area contributed by atoms with Gasteiger partial charge in [-0.05, 0) is 38.4 Å². The fraction of sp³-hybridized carbons (Fsp3) is 0.647. The van der Waals surface area contributed by atoms with Crippen LogP contribution in [-0.2, 0) is 0 Å². The Hall–Kier alpha value is -1.42. The Bertz CT molecular complexity index is 525. The molecule has 4 nitrogen and oxygen atoms in total. The highest BCUT2D eigenvalue weighted by Gasteiger charge is 2.37. The van der Waals surface area contributed by atoms with Crippen LogP contribution in [0.25, 0.3) is 0 Å². The summed E-state index contributed by atoms with van der Waals surface area (Å²) in [4.78, 5) is 0. The van der Waals surface area contributed by atoms with Crippen LogP contribution in [0, 0.1) is 5.92 Å². The normalized spacial score (nSPS) is 22.6. The molecule has 2 aliphatic heterocycles. The molecule has 0 bridgehead atoms. The molecule has 1 unspecified atom stereocenters. The van der Waals surface area contributed by atoms with Crippen molar-refractivity contribution in [2.75, 3.05) is 19.8 Å². The second-order valence-corrected chi connectivity index (χ2v) is 6.93. The van der Waals surface area contributed by atoms with E-state index < -0.39 is 0 Å². The van der Waals surface area contributed by atoms with Gasteiger partial charge in [-0.1, -0.05) is 13.8 Å². The number of nitrogens with one attached hydrogen (secondary N) is 1. The van der Waals surface area contributed by atoms with Gasteiger partial charge in [0.1, 0.15) is 18.8 Å². The minimum atomic E-state index is -0.211. The number of ether oxygens (including phenoxy) is 3. The molecule has 2 heterocycles. The number of hydrogen-bond donors (Lipinski definition) is 1. The van der Waals surface area contributed by atoms with E-state index in [2.05, 4.69) is 39.1 Å². The zero-order valence-corrected chi connectivity index (χ0v) is 13.4. The van der Waals surface area contributed by atoms with Crippen molar-refractivity contribution < 1.29 is 14.2 Å². The fourth-order valence-electron chi connectivity index (χ4n) is 2.96.